The normalized spacial score (nSPS) is 20.0. The summed E-state index contributed by atoms with van der Waals surface area (Å²) in [5.41, 5.74) is 2.84. The highest BCUT2D eigenvalue weighted by molar-refractivity contribution is 5.65. The second kappa shape index (κ2) is 10.3. The molecule has 2 aromatic carbocycles. The van der Waals surface area contributed by atoms with Crippen LogP contribution in [0.2, 0.25) is 0 Å². The Bertz CT molecular complexity index is 1210. The first kappa shape index (κ1) is 25.0. The summed E-state index contributed by atoms with van der Waals surface area (Å²) in [6.07, 6.45) is -0.317. The molecule has 2 fully saturated rings. The summed E-state index contributed by atoms with van der Waals surface area (Å²) in [7, 11) is 0. The van der Waals surface area contributed by atoms with E-state index in [4.69, 9.17) is 14.6 Å². The Morgan fingerprint density at radius 2 is 1.62 bits per heavy atom. The van der Waals surface area contributed by atoms with E-state index >= 15 is 0 Å². The first-order chi connectivity index (χ1) is 17.7. The predicted molar refractivity (Wildman–Crippen MR) is 136 cm³/mol. The van der Waals surface area contributed by atoms with E-state index in [0.717, 1.165) is 22.6 Å². The minimum absolute atomic E-state index is 0.0269. The van der Waals surface area contributed by atoms with E-state index in [9.17, 15) is 9.18 Å². The summed E-state index contributed by atoms with van der Waals surface area (Å²) < 4.78 is 24.8. The van der Waals surface area contributed by atoms with Crippen LogP contribution in [0.15, 0.2) is 60.7 Å². The van der Waals surface area contributed by atoms with Crippen molar-refractivity contribution in [2.75, 3.05) is 13.1 Å². The standard InChI is InChI=1S/C28H31FN4O4/c1-28(2,18-3-8-23(9-4-18)36-25-13-22(14-25)30-27(34)35)19-5-10-24(11-6-19)37-26-12-7-21(31-32-26)17-33-15-20(29)16-33/h3-12,20,22,25,30H,13-17H2,1-2H3,(H,34,35). The monoisotopic (exact) mass is 506 g/mol. The molecule has 1 saturated heterocycles. The maximum absolute atomic E-state index is 13.0. The molecule has 3 aromatic rings. The molecular weight excluding hydrogens is 475 g/mol. The Morgan fingerprint density at radius 1 is 1.00 bits per heavy atom. The second-order valence-electron chi connectivity index (χ2n) is 10.3. The van der Waals surface area contributed by atoms with Crippen molar-refractivity contribution in [1.82, 2.24) is 20.4 Å². The number of carbonyl (C=O) groups is 1. The Kier molecular flexibility index (Phi) is 6.97. The lowest BCUT2D eigenvalue weighted by atomic mass is 9.78. The molecule has 5 rings (SSSR count). The summed E-state index contributed by atoms with van der Waals surface area (Å²) in [5.74, 6) is 1.87. The zero-order valence-corrected chi connectivity index (χ0v) is 20.9. The summed E-state index contributed by atoms with van der Waals surface area (Å²) in [6.45, 7) is 5.83. The summed E-state index contributed by atoms with van der Waals surface area (Å²) >= 11 is 0. The lowest BCUT2D eigenvalue weighted by Gasteiger charge is -2.35. The molecule has 0 spiro atoms. The number of ether oxygens (including phenoxy) is 2. The van der Waals surface area contributed by atoms with Gasteiger partial charge in [-0.15, -0.1) is 5.10 Å². The highest BCUT2D eigenvalue weighted by Gasteiger charge is 2.32. The third kappa shape index (κ3) is 5.99. The molecule has 2 N–H and O–H groups in total. The average molecular weight is 507 g/mol. The molecule has 1 aliphatic carbocycles. The summed E-state index contributed by atoms with van der Waals surface area (Å²) in [4.78, 5) is 12.7. The molecule has 2 aliphatic rings. The van der Waals surface area contributed by atoms with Crippen molar-refractivity contribution in [3.05, 3.63) is 77.5 Å². The van der Waals surface area contributed by atoms with Crippen LogP contribution < -0.4 is 14.8 Å². The number of benzene rings is 2. The summed E-state index contributed by atoms with van der Waals surface area (Å²) in [6, 6.07) is 19.6. The van der Waals surface area contributed by atoms with Gasteiger partial charge >= 0.3 is 6.09 Å². The van der Waals surface area contributed by atoms with Gasteiger partial charge in [0, 0.05) is 50.0 Å². The van der Waals surface area contributed by atoms with Crippen molar-refractivity contribution < 1.29 is 23.8 Å². The molecule has 2 heterocycles. The van der Waals surface area contributed by atoms with Crippen molar-refractivity contribution >= 4 is 6.09 Å². The molecule has 1 saturated carbocycles. The third-order valence-electron chi connectivity index (χ3n) is 7.09. The van der Waals surface area contributed by atoms with Crippen molar-refractivity contribution in [2.24, 2.45) is 0 Å². The fourth-order valence-corrected chi connectivity index (χ4v) is 4.68. The molecule has 194 valence electrons. The topological polar surface area (TPSA) is 96.8 Å². The second-order valence-corrected chi connectivity index (χ2v) is 10.3. The number of aromatic nitrogens is 2. The molecule has 37 heavy (non-hydrogen) atoms. The van der Waals surface area contributed by atoms with Gasteiger partial charge in [-0.2, -0.15) is 5.10 Å². The number of nitrogens with one attached hydrogen (secondary N) is 1. The van der Waals surface area contributed by atoms with Crippen molar-refractivity contribution in [3.63, 3.8) is 0 Å². The van der Waals surface area contributed by atoms with Gasteiger partial charge in [0.05, 0.1) is 5.69 Å². The molecule has 1 aromatic heterocycles. The van der Waals surface area contributed by atoms with Crippen LogP contribution in [0.4, 0.5) is 9.18 Å². The van der Waals surface area contributed by atoms with Gasteiger partial charge in [0.1, 0.15) is 23.8 Å². The maximum atomic E-state index is 13.0. The van der Waals surface area contributed by atoms with E-state index in [-0.39, 0.29) is 17.6 Å². The van der Waals surface area contributed by atoms with Gasteiger partial charge in [0.15, 0.2) is 0 Å². The Labute approximate surface area is 215 Å². The molecule has 9 heteroatoms. The van der Waals surface area contributed by atoms with Crippen molar-refractivity contribution in [2.45, 2.75) is 57.0 Å². The number of rotatable bonds is 9. The van der Waals surface area contributed by atoms with Gasteiger partial charge in [-0.1, -0.05) is 38.1 Å². The molecule has 1 amide bonds. The minimum Gasteiger partial charge on any atom is -0.490 e. The highest BCUT2D eigenvalue weighted by atomic mass is 19.1. The molecule has 1 aliphatic heterocycles. The van der Waals surface area contributed by atoms with Gasteiger partial charge < -0.3 is 19.9 Å². The van der Waals surface area contributed by atoms with E-state index < -0.39 is 12.3 Å². The van der Waals surface area contributed by atoms with E-state index in [1.165, 1.54) is 0 Å². The van der Waals surface area contributed by atoms with E-state index in [0.29, 0.717) is 44.1 Å². The van der Waals surface area contributed by atoms with Crippen LogP contribution >= 0.6 is 0 Å². The Morgan fingerprint density at radius 3 is 2.16 bits per heavy atom. The molecular formula is C28H31FN4O4. The van der Waals surface area contributed by atoms with Crippen LogP contribution in [0.5, 0.6) is 17.4 Å². The van der Waals surface area contributed by atoms with Crippen LogP contribution in [0.3, 0.4) is 0 Å². The van der Waals surface area contributed by atoms with Gasteiger partial charge in [-0.05, 0) is 41.5 Å². The largest absolute Gasteiger partial charge is 0.490 e. The molecule has 0 unspecified atom stereocenters. The molecule has 0 bridgehead atoms. The maximum Gasteiger partial charge on any atom is 0.404 e. The smallest absolute Gasteiger partial charge is 0.404 e. The fraction of sp³-hybridized carbons (Fsp3) is 0.393. The van der Waals surface area contributed by atoms with Gasteiger partial charge in [-0.25, -0.2) is 9.18 Å². The van der Waals surface area contributed by atoms with E-state index in [1.807, 2.05) is 47.4 Å². The van der Waals surface area contributed by atoms with Crippen molar-refractivity contribution in [3.8, 4) is 17.4 Å². The Hall–Kier alpha value is -3.72. The lowest BCUT2D eigenvalue weighted by molar-refractivity contribution is 0.0578. The third-order valence-corrected chi connectivity index (χ3v) is 7.09. The van der Waals surface area contributed by atoms with Crippen LogP contribution in [0.1, 0.15) is 43.5 Å². The highest BCUT2D eigenvalue weighted by Crippen LogP contribution is 2.34. The Balaban J connectivity index is 1.15. The first-order valence-corrected chi connectivity index (χ1v) is 12.5. The number of hydrogen-bond acceptors (Lipinski definition) is 6. The predicted octanol–water partition coefficient (Wildman–Crippen LogP) is 4.93. The lowest BCUT2D eigenvalue weighted by Crippen LogP contribution is -2.48. The number of halogens is 1. The summed E-state index contributed by atoms with van der Waals surface area (Å²) in [5, 5.41) is 19.6. The average Bonchev–Trinajstić information content (AvgIpc) is 2.83. The van der Waals surface area contributed by atoms with Crippen LogP contribution in [0.25, 0.3) is 0 Å². The van der Waals surface area contributed by atoms with Gasteiger partial charge in [0.2, 0.25) is 5.88 Å². The zero-order chi connectivity index (χ0) is 26.0. The quantitative estimate of drug-likeness (QED) is 0.425. The minimum atomic E-state index is -0.991. The van der Waals surface area contributed by atoms with E-state index in [2.05, 4.69) is 41.5 Å². The number of likely N-dealkylation sites (tertiary alicyclic amines) is 1. The van der Waals surface area contributed by atoms with Gasteiger partial charge in [0.25, 0.3) is 0 Å². The number of alkyl halides is 1. The molecule has 0 radical (unpaired) electrons. The van der Waals surface area contributed by atoms with Crippen LogP contribution in [0, 0.1) is 0 Å². The first-order valence-electron chi connectivity index (χ1n) is 12.5. The zero-order valence-electron chi connectivity index (χ0n) is 20.9. The number of hydrogen-bond donors (Lipinski definition) is 2. The number of carboxylic acid groups (broad SMARTS) is 1. The molecule has 8 nitrogen and oxygen atoms in total. The molecule has 0 atom stereocenters. The van der Waals surface area contributed by atoms with Gasteiger partial charge in [-0.3, -0.25) is 4.90 Å². The number of nitrogens with zero attached hydrogens (tertiary/aromatic N) is 3. The van der Waals surface area contributed by atoms with Crippen LogP contribution in [-0.2, 0) is 12.0 Å². The SMILES string of the molecule is CC(C)(c1ccc(Oc2ccc(CN3CC(F)C3)nn2)cc1)c1ccc(OC2CC(NC(=O)O)C2)cc1. The van der Waals surface area contributed by atoms with Crippen LogP contribution in [-0.4, -0.2) is 57.7 Å². The number of amides is 1. The van der Waals surface area contributed by atoms with Crippen molar-refractivity contribution in [1.29, 1.82) is 0 Å². The fourth-order valence-electron chi connectivity index (χ4n) is 4.68. The van der Waals surface area contributed by atoms with E-state index in [1.54, 1.807) is 6.07 Å².